The van der Waals surface area contributed by atoms with E-state index in [-0.39, 0.29) is 10.6 Å². The van der Waals surface area contributed by atoms with Crippen molar-refractivity contribution in [1.29, 1.82) is 0 Å². The van der Waals surface area contributed by atoms with E-state index in [1.165, 1.54) is 0 Å². The molecule has 2 aromatic rings. The molecule has 0 unspecified atom stereocenters. The monoisotopic (exact) mass is 276 g/mol. The lowest BCUT2D eigenvalue weighted by atomic mass is 10.2. The molecule has 0 aromatic heterocycles. The Morgan fingerprint density at radius 2 is 1.89 bits per heavy atom. The van der Waals surface area contributed by atoms with Crippen LogP contribution in [-0.2, 0) is 0 Å². The third-order valence-electron chi connectivity index (χ3n) is 2.59. The molecule has 4 nitrogen and oxygen atoms in total. The highest BCUT2D eigenvalue weighted by Gasteiger charge is 2.14. The molecule has 0 saturated carbocycles. The van der Waals surface area contributed by atoms with E-state index >= 15 is 0 Å². The lowest BCUT2D eigenvalue weighted by Gasteiger charge is -2.10. The van der Waals surface area contributed by atoms with Crippen molar-refractivity contribution in [2.24, 2.45) is 5.73 Å². The van der Waals surface area contributed by atoms with E-state index < -0.39 is 5.91 Å². The fraction of sp³-hybridized carbons (Fsp3) is 0.0714. The lowest BCUT2D eigenvalue weighted by molar-refractivity contribution is 0.0998. The van der Waals surface area contributed by atoms with Crippen molar-refractivity contribution in [2.75, 3.05) is 12.4 Å². The highest BCUT2D eigenvalue weighted by molar-refractivity contribution is 6.34. The Morgan fingerprint density at radius 1 is 1.21 bits per heavy atom. The fourth-order valence-electron chi connectivity index (χ4n) is 1.65. The molecule has 0 atom stereocenters. The van der Waals surface area contributed by atoms with E-state index in [2.05, 4.69) is 5.32 Å². The van der Waals surface area contributed by atoms with Crippen LogP contribution in [0.15, 0.2) is 42.5 Å². The van der Waals surface area contributed by atoms with E-state index in [0.29, 0.717) is 11.5 Å². The number of amides is 1. The molecule has 0 spiro atoms. The second-order valence-electron chi connectivity index (χ2n) is 3.85. The number of rotatable bonds is 4. The van der Waals surface area contributed by atoms with Crippen LogP contribution in [0.5, 0.6) is 11.5 Å². The second kappa shape index (κ2) is 5.63. The van der Waals surface area contributed by atoms with Crippen LogP contribution in [0.1, 0.15) is 10.4 Å². The van der Waals surface area contributed by atoms with E-state index in [0.717, 1.165) is 5.69 Å². The van der Waals surface area contributed by atoms with E-state index in [1.54, 1.807) is 30.3 Å². The van der Waals surface area contributed by atoms with Crippen molar-refractivity contribution < 1.29 is 9.53 Å². The van der Waals surface area contributed by atoms with E-state index in [4.69, 9.17) is 22.1 Å². The van der Waals surface area contributed by atoms with Crippen LogP contribution in [0.4, 0.5) is 5.69 Å². The highest BCUT2D eigenvalue weighted by atomic mass is 35.5. The number of nitrogens with two attached hydrogens (primary N) is 1. The third kappa shape index (κ3) is 2.98. The summed E-state index contributed by atoms with van der Waals surface area (Å²) in [5.74, 6) is 0.327. The van der Waals surface area contributed by atoms with Crippen molar-refractivity contribution in [1.82, 2.24) is 0 Å². The Labute approximate surface area is 116 Å². The molecule has 5 heteroatoms. The quantitative estimate of drug-likeness (QED) is 0.901. The lowest BCUT2D eigenvalue weighted by Crippen LogP contribution is -2.12. The maximum atomic E-state index is 11.4. The number of halogens is 1. The Morgan fingerprint density at radius 3 is 2.47 bits per heavy atom. The van der Waals surface area contributed by atoms with Gasteiger partial charge < -0.3 is 15.8 Å². The molecule has 0 aliphatic heterocycles. The van der Waals surface area contributed by atoms with Crippen LogP contribution < -0.4 is 15.8 Å². The minimum absolute atomic E-state index is 0.182. The Hall–Kier alpha value is -2.20. The van der Waals surface area contributed by atoms with Gasteiger partial charge in [0.05, 0.1) is 5.02 Å². The first kappa shape index (κ1) is 13.2. The summed E-state index contributed by atoms with van der Waals surface area (Å²) in [6, 6.07) is 12.3. The van der Waals surface area contributed by atoms with Crippen LogP contribution in [-0.4, -0.2) is 13.0 Å². The number of primary amides is 1. The summed E-state index contributed by atoms with van der Waals surface area (Å²) in [7, 11) is 1.83. The van der Waals surface area contributed by atoms with Crippen molar-refractivity contribution >= 4 is 23.2 Å². The fourth-order valence-corrected chi connectivity index (χ4v) is 1.90. The average molecular weight is 277 g/mol. The number of carbonyl (C=O) groups is 1. The van der Waals surface area contributed by atoms with E-state index in [1.807, 2.05) is 19.2 Å². The van der Waals surface area contributed by atoms with Gasteiger partial charge in [-0.3, -0.25) is 4.79 Å². The molecule has 2 aromatic carbocycles. The van der Waals surface area contributed by atoms with Crippen molar-refractivity contribution in [3.63, 3.8) is 0 Å². The van der Waals surface area contributed by atoms with Gasteiger partial charge in [0.15, 0.2) is 0 Å². The van der Waals surface area contributed by atoms with Gasteiger partial charge in [0.25, 0.3) is 5.91 Å². The first-order valence-electron chi connectivity index (χ1n) is 5.66. The van der Waals surface area contributed by atoms with Gasteiger partial charge >= 0.3 is 0 Å². The molecule has 3 N–H and O–H groups in total. The van der Waals surface area contributed by atoms with Gasteiger partial charge in [-0.25, -0.2) is 0 Å². The molecule has 0 heterocycles. The summed E-state index contributed by atoms with van der Waals surface area (Å²) in [6.45, 7) is 0. The zero-order valence-corrected chi connectivity index (χ0v) is 11.1. The molecular weight excluding hydrogens is 264 g/mol. The van der Waals surface area contributed by atoms with Crippen LogP contribution in [0, 0.1) is 0 Å². The van der Waals surface area contributed by atoms with Crippen molar-refractivity contribution in [3.05, 3.63) is 53.1 Å². The molecule has 0 bridgehead atoms. The second-order valence-corrected chi connectivity index (χ2v) is 4.26. The van der Waals surface area contributed by atoms with Crippen molar-refractivity contribution in [3.8, 4) is 11.5 Å². The SMILES string of the molecule is CNc1ccc(Oc2cccc(Cl)c2C(N)=O)cc1. The molecule has 0 fully saturated rings. The molecule has 19 heavy (non-hydrogen) atoms. The third-order valence-corrected chi connectivity index (χ3v) is 2.91. The highest BCUT2D eigenvalue weighted by Crippen LogP contribution is 2.30. The first-order valence-corrected chi connectivity index (χ1v) is 6.03. The molecule has 0 aliphatic rings. The van der Waals surface area contributed by atoms with Crippen molar-refractivity contribution in [2.45, 2.75) is 0 Å². The number of benzene rings is 2. The smallest absolute Gasteiger partial charge is 0.254 e. The summed E-state index contributed by atoms with van der Waals surface area (Å²) in [5.41, 5.74) is 6.45. The van der Waals surface area contributed by atoms with E-state index in [9.17, 15) is 4.79 Å². The number of hydrogen-bond acceptors (Lipinski definition) is 3. The maximum Gasteiger partial charge on any atom is 0.254 e. The Bertz CT molecular complexity index is 597. The minimum Gasteiger partial charge on any atom is -0.456 e. The zero-order valence-electron chi connectivity index (χ0n) is 10.3. The number of anilines is 1. The number of hydrogen-bond donors (Lipinski definition) is 2. The predicted molar refractivity (Wildman–Crippen MR) is 76.0 cm³/mol. The number of ether oxygens (including phenoxy) is 1. The van der Waals surface area contributed by atoms with Crippen LogP contribution >= 0.6 is 11.6 Å². The summed E-state index contributed by atoms with van der Waals surface area (Å²) < 4.78 is 5.64. The molecule has 0 saturated heterocycles. The topological polar surface area (TPSA) is 64.3 Å². The number of carbonyl (C=O) groups excluding carboxylic acids is 1. The van der Waals surface area contributed by atoms with Crippen LogP contribution in [0.25, 0.3) is 0 Å². The Kier molecular flexibility index (Phi) is 3.92. The largest absolute Gasteiger partial charge is 0.456 e. The average Bonchev–Trinajstić information content (AvgIpc) is 2.39. The van der Waals surface area contributed by atoms with Gasteiger partial charge in [-0.1, -0.05) is 17.7 Å². The standard InChI is InChI=1S/C14H13ClN2O2/c1-17-9-5-7-10(8-6-9)19-12-4-2-3-11(15)13(12)14(16)18/h2-8,17H,1H3,(H2,16,18). The normalized spacial score (nSPS) is 10.0. The minimum atomic E-state index is -0.618. The summed E-state index contributed by atoms with van der Waals surface area (Å²) in [6.07, 6.45) is 0. The zero-order chi connectivity index (χ0) is 13.8. The van der Waals surface area contributed by atoms with Crippen LogP contribution in [0.3, 0.4) is 0 Å². The molecular formula is C14H13ClN2O2. The first-order chi connectivity index (χ1) is 9.11. The van der Waals surface area contributed by atoms with Gasteiger partial charge in [-0.15, -0.1) is 0 Å². The summed E-state index contributed by atoms with van der Waals surface area (Å²) >= 11 is 5.95. The van der Waals surface area contributed by atoms with Gasteiger partial charge in [0.1, 0.15) is 17.1 Å². The molecule has 0 aliphatic carbocycles. The maximum absolute atomic E-state index is 11.4. The molecule has 2 rings (SSSR count). The molecule has 98 valence electrons. The van der Waals surface area contributed by atoms with Crippen LogP contribution in [0.2, 0.25) is 5.02 Å². The Balaban J connectivity index is 2.32. The van der Waals surface area contributed by atoms with Gasteiger partial charge in [-0.2, -0.15) is 0 Å². The molecule has 1 amide bonds. The summed E-state index contributed by atoms with van der Waals surface area (Å²) in [5, 5.41) is 3.28. The van der Waals surface area contributed by atoms with Gasteiger partial charge in [-0.05, 0) is 36.4 Å². The number of nitrogens with one attached hydrogen (secondary N) is 1. The summed E-state index contributed by atoms with van der Waals surface area (Å²) in [4.78, 5) is 11.4. The predicted octanol–water partition coefficient (Wildman–Crippen LogP) is 3.27. The van der Waals surface area contributed by atoms with Gasteiger partial charge in [0.2, 0.25) is 0 Å². The molecule has 0 radical (unpaired) electrons. The van der Waals surface area contributed by atoms with Gasteiger partial charge in [0, 0.05) is 12.7 Å².